The molecule has 2 saturated heterocycles. The maximum atomic E-state index is 12.6. The van der Waals surface area contributed by atoms with E-state index in [0.29, 0.717) is 17.7 Å². The van der Waals surface area contributed by atoms with Crippen LogP contribution in [0.1, 0.15) is 49.1 Å². The van der Waals surface area contributed by atoms with Gasteiger partial charge in [0.15, 0.2) is 0 Å². The zero-order valence-corrected chi connectivity index (χ0v) is 17.4. The second-order valence-electron chi connectivity index (χ2n) is 9.24. The Hall–Kier alpha value is -2.89. The van der Waals surface area contributed by atoms with Gasteiger partial charge in [-0.1, -0.05) is 25.1 Å². The first kappa shape index (κ1) is 19.1. The van der Waals surface area contributed by atoms with Crippen molar-refractivity contribution in [2.45, 2.75) is 38.0 Å². The lowest BCUT2D eigenvalue weighted by Gasteiger charge is -2.39. The summed E-state index contributed by atoms with van der Waals surface area (Å²) in [6, 6.07) is 12.1. The number of carbonyl (C=O) groups is 2. The molecule has 2 aromatic rings. The third kappa shape index (κ3) is 3.66. The molecule has 1 saturated carbocycles. The molecule has 6 nitrogen and oxygen atoms in total. The summed E-state index contributed by atoms with van der Waals surface area (Å²) in [6.45, 7) is 5.19. The lowest BCUT2D eigenvalue weighted by atomic mass is 9.93. The number of pyridine rings is 1. The van der Waals surface area contributed by atoms with E-state index in [1.54, 1.807) is 6.20 Å². The molecule has 30 heavy (non-hydrogen) atoms. The third-order valence-corrected chi connectivity index (χ3v) is 6.95. The molecule has 1 aromatic heterocycles. The highest BCUT2D eigenvalue weighted by Gasteiger charge is 2.48. The molecule has 156 valence electrons. The molecular weight excluding hydrogens is 376 g/mol. The maximum Gasteiger partial charge on any atom is 0.321 e. The molecule has 5 rings (SSSR count). The van der Waals surface area contributed by atoms with Crippen LogP contribution in [0, 0.1) is 5.41 Å². The Kier molecular flexibility index (Phi) is 4.72. The fraction of sp³-hybridized carbons (Fsp3) is 0.458. The third-order valence-electron chi connectivity index (χ3n) is 6.95. The number of anilines is 1. The van der Waals surface area contributed by atoms with Crippen molar-refractivity contribution in [2.24, 2.45) is 5.41 Å². The van der Waals surface area contributed by atoms with Crippen molar-refractivity contribution in [3.8, 4) is 0 Å². The number of likely N-dealkylation sites (tertiary alicyclic amines) is 2. The predicted octanol–water partition coefficient (Wildman–Crippen LogP) is 3.83. The molecule has 3 amide bonds. The average molecular weight is 405 g/mol. The van der Waals surface area contributed by atoms with E-state index >= 15 is 0 Å². The van der Waals surface area contributed by atoms with E-state index in [9.17, 15) is 9.59 Å². The lowest BCUT2D eigenvalue weighted by molar-refractivity contribution is -0.135. The first-order chi connectivity index (χ1) is 14.5. The van der Waals surface area contributed by atoms with Gasteiger partial charge in [0.05, 0.1) is 0 Å². The summed E-state index contributed by atoms with van der Waals surface area (Å²) in [7, 11) is 0. The summed E-state index contributed by atoms with van der Waals surface area (Å²) in [4.78, 5) is 33.1. The van der Waals surface area contributed by atoms with Gasteiger partial charge in [-0.2, -0.15) is 0 Å². The molecule has 0 bridgehead atoms. The van der Waals surface area contributed by atoms with E-state index in [1.165, 1.54) is 11.1 Å². The monoisotopic (exact) mass is 404 g/mol. The van der Waals surface area contributed by atoms with Crippen LogP contribution in [0.15, 0.2) is 48.8 Å². The highest BCUT2D eigenvalue weighted by Crippen LogP contribution is 2.47. The van der Waals surface area contributed by atoms with E-state index in [4.69, 9.17) is 0 Å². The lowest BCUT2D eigenvalue weighted by Crippen LogP contribution is -2.50. The van der Waals surface area contributed by atoms with Crippen molar-refractivity contribution < 1.29 is 9.59 Å². The summed E-state index contributed by atoms with van der Waals surface area (Å²) < 4.78 is 0. The maximum absolute atomic E-state index is 12.6. The highest BCUT2D eigenvalue weighted by atomic mass is 16.2. The Morgan fingerprint density at radius 2 is 1.73 bits per heavy atom. The SMILES string of the molecule is CC1(C(=O)N2CCC(c3ccc(NC(=O)N4CC(c5cccnc5)C4)cc3)C2)CC1. The normalized spacial score (nSPS) is 22.5. The number of carbonyl (C=O) groups excluding carboxylic acids is 2. The van der Waals surface area contributed by atoms with Crippen molar-refractivity contribution in [3.63, 3.8) is 0 Å². The Bertz CT molecular complexity index is 933. The average Bonchev–Trinajstić information content (AvgIpc) is 3.29. The van der Waals surface area contributed by atoms with Gasteiger partial charge < -0.3 is 15.1 Å². The number of benzene rings is 1. The standard InChI is InChI=1S/C24H28N4O2/c1-24(9-10-24)22(29)27-12-8-19(14-27)17-4-6-21(7-5-17)26-23(30)28-15-20(16-28)18-3-2-11-25-13-18/h2-7,11,13,19-20H,8-10,12,14-16H2,1H3,(H,26,30). The first-order valence-corrected chi connectivity index (χ1v) is 10.9. The van der Waals surface area contributed by atoms with E-state index in [2.05, 4.69) is 35.4 Å². The van der Waals surface area contributed by atoms with Crippen LogP contribution in [0.2, 0.25) is 0 Å². The van der Waals surface area contributed by atoms with Crippen LogP contribution < -0.4 is 5.32 Å². The number of urea groups is 1. The number of nitrogens with zero attached hydrogens (tertiary/aromatic N) is 3. The summed E-state index contributed by atoms with van der Waals surface area (Å²) >= 11 is 0. The Morgan fingerprint density at radius 1 is 1.00 bits per heavy atom. The Morgan fingerprint density at radius 3 is 2.40 bits per heavy atom. The summed E-state index contributed by atoms with van der Waals surface area (Å²) in [5.41, 5.74) is 3.15. The molecule has 1 N–H and O–H groups in total. The first-order valence-electron chi connectivity index (χ1n) is 10.9. The van der Waals surface area contributed by atoms with Crippen LogP contribution in [0.5, 0.6) is 0 Å². The zero-order chi connectivity index (χ0) is 20.7. The van der Waals surface area contributed by atoms with Crippen molar-refractivity contribution in [3.05, 3.63) is 59.9 Å². The van der Waals surface area contributed by atoms with Crippen molar-refractivity contribution in [1.82, 2.24) is 14.8 Å². The van der Waals surface area contributed by atoms with Crippen LogP contribution in [0.25, 0.3) is 0 Å². The van der Waals surface area contributed by atoms with Gasteiger partial charge in [0.1, 0.15) is 0 Å². The van der Waals surface area contributed by atoms with E-state index in [-0.39, 0.29) is 11.4 Å². The van der Waals surface area contributed by atoms with E-state index in [0.717, 1.165) is 51.1 Å². The van der Waals surface area contributed by atoms with Gasteiger partial charge in [-0.25, -0.2) is 4.79 Å². The fourth-order valence-electron chi connectivity index (χ4n) is 4.51. The second kappa shape index (κ2) is 7.42. The van der Waals surface area contributed by atoms with Crippen molar-refractivity contribution in [2.75, 3.05) is 31.5 Å². The minimum atomic E-state index is -0.0874. The molecule has 0 spiro atoms. The molecule has 0 radical (unpaired) electrons. The van der Waals surface area contributed by atoms with E-state index in [1.807, 2.05) is 34.2 Å². The largest absolute Gasteiger partial charge is 0.342 e. The molecular formula is C24H28N4O2. The summed E-state index contributed by atoms with van der Waals surface area (Å²) in [6.07, 6.45) is 6.71. The van der Waals surface area contributed by atoms with Gasteiger partial charge in [-0.15, -0.1) is 0 Å². The van der Waals surface area contributed by atoms with Gasteiger partial charge >= 0.3 is 6.03 Å². The molecule has 1 aromatic carbocycles. The Balaban J connectivity index is 1.13. The molecule has 1 unspecified atom stereocenters. The summed E-state index contributed by atoms with van der Waals surface area (Å²) in [5.74, 6) is 1.09. The van der Waals surface area contributed by atoms with Gasteiger partial charge in [0.2, 0.25) is 5.91 Å². The topological polar surface area (TPSA) is 65.5 Å². The van der Waals surface area contributed by atoms with Gasteiger partial charge in [0.25, 0.3) is 0 Å². The zero-order valence-electron chi connectivity index (χ0n) is 17.4. The number of hydrogen-bond acceptors (Lipinski definition) is 3. The van der Waals surface area contributed by atoms with Crippen LogP contribution in [0.3, 0.4) is 0 Å². The van der Waals surface area contributed by atoms with Crippen LogP contribution in [0.4, 0.5) is 10.5 Å². The summed E-state index contributed by atoms with van der Waals surface area (Å²) in [5, 5.41) is 3.00. The van der Waals surface area contributed by atoms with Gasteiger partial charge in [-0.3, -0.25) is 9.78 Å². The fourth-order valence-corrected chi connectivity index (χ4v) is 4.51. The highest BCUT2D eigenvalue weighted by molar-refractivity contribution is 5.90. The number of rotatable bonds is 4. The minimum Gasteiger partial charge on any atom is -0.342 e. The number of hydrogen-bond donors (Lipinski definition) is 1. The number of nitrogens with one attached hydrogen (secondary N) is 1. The molecule has 3 heterocycles. The molecule has 1 aliphatic carbocycles. The van der Waals surface area contributed by atoms with Crippen molar-refractivity contribution in [1.29, 1.82) is 0 Å². The quantitative estimate of drug-likeness (QED) is 0.842. The van der Waals surface area contributed by atoms with Gasteiger partial charge in [0, 0.05) is 61.5 Å². The predicted molar refractivity (Wildman–Crippen MR) is 115 cm³/mol. The van der Waals surface area contributed by atoms with Crippen LogP contribution in [-0.4, -0.2) is 52.9 Å². The molecule has 3 fully saturated rings. The Labute approximate surface area is 177 Å². The van der Waals surface area contributed by atoms with Crippen molar-refractivity contribution >= 4 is 17.6 Å². The minimum absolute atomic E-state index is 0.0572. The molecule has 3 aliphatic rings. The second-order valence-corrected chi connectivity index (χ2v) is 9.24. The smallest absolute Gasteiger partial charge is 0.321 e. The number of amides is 3. The molecule has 2 aliphatic heterocycles. The molecule has 1 atom stereocenters. The van der Waals surface area contributed by atoms with Gasteiger partial charge in [-0.05, 0) is 48.6 Å². The molecule has 6 heteroatoms. The van der Waals surface area contributed by atoms with Crippen LogP contribution >= 0.6 is 0 Å². The number of aromatic nitrogens is 1. The van der Waals surface area contributed by atoms with Crippen LogP contribution in [-0.2, 0) is 4.79 Å². The van der Waals surface area contributed by atoms with E-state index < -0.39 is 0 Å².